The maximum absolute atomic E-state index is 11.4. The normalized spacial score (nSPS) is 25.9. The highest BCUT2D eigenvalue weighted by atomic mass is 16.1. The molecule has 1 saturated carbocycles. The van der Waals surface area contributed by atoms with Gasteiger partial charge in [-0.15, -0.1) is 0 Å². The average Bonchev–Trinajstić information content (AvgIpc) is 2.77. The van der Waals surface area contributed by atoms with Crippen molar-refractivity contribution in [1.82, 2.24) is 0 Å². The van der Waals surface area contributed by atoms with Gasteiger partial charge in [-0.3, -0.25) is 4.79 Å². The van der Waals surface area contributed by atoms with Crippen LogP contribution in [-0.4, -0.2) is 5.91 Å². The van der Waals surface area contributed by atoms with E-state index in [0.717, 1.165) is 12.1 Å². The lowest BCUT2D eigenvalue weighted by atomic mass is 9.75. The van der Waals surface area contributed by atoms with Crippen molar-refractivity contribution in [2.24, 2.45) is 17.1 Å². The van der Waals surface area contributed by atoms with Gasteiger partial charge in [0.2, 0.25) is 5.91 Å². The van der Waals surface area contributed by atoms with E-state index in [0.29, 0.717) is 17.8 Å². The zero-order valence-electron chi connectivity index (χ0n) is 12.4. The molecule has 1 fully saturated rings. The smallest absolute Gasteiger partial charge is 0.224 e. The number of fused-ring (bicyclic) bond motifs is 1. The number of anilines is 1. The molecule has 108 valence electrons. The van der Waals surface area contributed by atoms with E-state index in [-0.39, 0.29) is 11.9 Å². The maximum Gasteiger partial charge on any atom is 0.224 e. The van der Waals surface area contributed by atoms with Gasteiger partial charge in [-0.2, -0.15) is 0 Å². The van der Waals surface area contributed by atoms with Crippen LogP contribution in [0.25, 0.3) is 0 Å². The van der Waals surface area contributed by atoms with E-state index in [4.69, 9.17) is 5.73 Å². The summed E-state index contributed by atoms with van der Waals surface area (Å²) in [6, 6.07) is 6.41. The predicted octanol–water partition coefficient (Wildman–Crippen LogP) is 3.40. The molecule has 2 unspecified atom stereocenters. The van der Waals surface area contributed by atoms with Gasteiger partial charge in [-0.05, 0) is 47.8 Å². The Morgan fingerprint density at radius 3 is 2.85 bits per heavy atom. The molecule has 3 rings (SSSR count). The average molecular weight is 272 g/mol. The second-order valence-corrected chi connectivity index (χ2v) is 6.98. The molecular weight excluding hydrogens is 248 g/mol. The summed E-state index contributed by atoms with van der Waals surface area (Å²) in [5.41, 5.74) is 10.3. The lowest BCUT2D eigenvalue weighted by Gasteiger charge is -2.32. The predicted molar refractivity (Wildman–Crippen MR) is 81.4 cm³/mol. The molecule has 20 heavy (non-hydrogen) atoms. The number of carbonyl (C=O) groups excluding carboxylic acids is 1. The van der Waals surface area contributed by atoms with Crippen LogP contribution in [0.2, 0.25) is 0 Å². The van der Waals surface area contributed by atoms with E-state index in [9.17, 15) is 4.79 Å². The van der Waals surface area contributed by atoms with Gasteiger partial charge in [-0.25, -0.2) is 0 Å². The van der Waals surface area contributed by atoms with Gasteiger partial charge >= 0.3 is 0 Å². The van der Waals surface area contributed by atoms with Crippen molar-refractivity contribution in [3.63, 3.8) is 0 Å². The highest BCUT2D eigenvalue weighted by Gasteiger charge is 2.38. The van der Waals surface area contributed by atoms with Crippen LogP contribution in [0.1, 0.15) is 56.7 Å². The van der Waals surface area contributed by atoms with Gasteiger partial charge in [0.1, 0.15) is 0 Å². The first-order valence-electron chi connectivity index (χ1n) is 7.66. The van der Waals surface area contributed by atoms with E-state index in [1.54, 1.807) is 0 Å². The van der Waals surface area contributed by atoms with Crippen molar-refractivity contribution in [2.45, 2.75) is 52.0 Å². The first-order valence-corrected chi connectivity index (χ1v) is 7.66. The Morgan fingerprint density at radius 1 is 1.35 bits per heavy atom. The van der Waals surface area contributed by atoms with Gasteiger partial charge in [0.05, 0.1) is 0 Å². The number of rotatable bonds is 2. The number of amides is 1. The van der Waals surface area contributed by atoms with Crippen molar-refractivity contribution in [3.8, 4) is 0 Å². The number of nitrogens with one attached hydrogen (secondary N) is 1. The fraction of sp³-hybridized carbons (Fsp3) is 0.588. The molecular formula is C17H24N2O. The summed E-state index contributed by atoms with van der Waals surface area (Å²) in [4.78, 5) is 11.4. The highest BCUT2D eigenvalue weighted by Crippen LogP contribution is 2.48. The summed E-state index contributed by atoms with van der Waals surface area (Å²) < 4.78 is 0. The lowest BCUT2D eigenvalue weighted by molar-refractivity contribution is -0.116. The zero-order chi connectivity index (χ0) is 14.3. The second kappa shape index (κ2) is 4.88. The molecule has 0 aromatic heterocycles. The quantitative estimate of drug-likeness (QED) is 0.867. The van der Waals surface area contributed by atoms with Gasteiger partial charge in [0, 0.05) is 18.2 Å². The van der Waals surface area contributed by atoms with E-state index in [2.05, 4.69) is 31.3 Å². The minimum Gasteiger partial charge on any atom is -0.326 e. The lowest BCUT2D eigenvalue weighted by Crippen LogP contribution is -2.30. The molecule has 2 atom stereocenters. The first kappa shape index (κ1) is 13.6. The van der Waals surface area contributed by atoms with Crippen LogP contribution in [0.3, 0.4) is 0 Å². The number of nitrogens with two attached hydrogens (primary N) is 1. The number of carbonyl (C=O) groups is 1. The number of aryl methyl sites for hydroxylation is 1. The SMILES string of the molecule is CC1(C)CCCC1C(N)c1ccc2c(c1)CCC(=O)N2. The topological polar surface area (TPSA) is 55.1 Å². The van der Waals surface area contributed by atoms with E-state index >= 15 is 0 Å². The van der Waals surface area contributed by atoms with Crippen LogP contribution < -0.4 is 11.1 Å². The molecule has 1 aliphatic carbocycles. The Labute approximate surface area is 120 Å². The summed E-state index contributed by atoms with van der Waals surface area (Å²) in [6.07, 6.45) is 5.19. The molecule has 3 heteroatoms. The molecule has 0 radical (unpaired) electrons. The minimum absolute atomic E-state index is 0.107. The fourth-order valence-corrected chi connectivity index (χ4v) is 3.86. The third kappa shape index (κ3) is 2.35. The molecule has 0 saturated heterocycles. The third-order valence-corrected chi connectivity index (χ3v) is 5.18. The minimum atomic E-state index is 0.107. The van der Waals surface area contributed by atoms with Crippen molar-refractivity contribution < 1.29 is 4.79 Å². The maximum atomic E-state index is 11.4. The van der Waals surface area contributed by atoms with Crippen LogP contribution in [0.5, 0.6) is 0 Å². The standard InChI is InChI=1S/C17H24N2O/c1-17(2)9-3-4-13(17)16(18)12-5-7-14-11(10-12)6-8-15(20)19-14/h5,7,10,13,16H,3-4,6,8-9,18H2,1-2H3,(H,19,20). The molecule has 1 aliphatic heterocycles. The summed E-state index contributed by atoms with van der Waals surface area (Å²) in [5.74, 6) is 0.671. The Bertz CT molecular complexity index is 536. The highest BCUT2D eigenvalue weighted by molar-refractivity contribution is 5.93. The van der Waals surface area contributed by atoms with Gasteiger partial charge in [0.15, 0.2) is 0 Å². The Hall–Kier alpha value is -1.35. The summed E-state index contributed by atoms with van der Waals surface area (Å²) in [5, 5.41) is 2.93. The number of benzene rings is 1. The fourth-order valence-electron chi connectivity index (χ4n) is 3.86. The molecule has 1 aromatic carbocycles. The summed E-state index contributed by atoms with van der Waals surface area (Å²) in [7, 11) is 0. The van der Waals surface area contributed by atoms with E-state index < -0.39 is 0 Å². The Morgan fingerprint density at radius 2 is 2.15 bits per heavy atom. The summed E-state index contributed by atoms with van der Waals surface area (Å²) >= 11 is 0. The number of hydrogen-bond acceptors (Lipinski definition) is 2. The Balaban J connectivity index is 1.86. The largest absolute Gasteiger partial charge is 0.326 e. The van der Waals surface area contributed by atoms with Gasteiger partial charge < -0.3 is 11.1 Å². The monoisotopic (exact) mass is 272 g/mol. The first-order chi connectivity index (χ1) is 9.47. The molecule has 1 amide bonds. The van der Waals surface area contributed by atoms with Crippen LogP contribution >= 0.6 is 0 Å². The molecule has 0 bridgehead atoms. The molecule has 3 N–H and O–H groups in total. The summed E-state index contributed by atoms with van der Waals surface area (Å²) in [6.45, 7) is 4.67. The molecule has 2 aliphatic rings. The molecule has 0 spiro atoms. The second-order valence-electron chi connectivity index (χ2n) is 6.98. The third-order valence-electron chi connectivity index (χ3n) is 5.18. The number of hydrogen-bond donors (Lipinski definition) is 2. The van der Waals surface area contributed by atoms with Gasteiger partial charge in [0.25, 0.3) is 0 Å². The van der Waals surface area contributed by atoms with Crippen molar-refractivity contribution in [1.29, 1.82) is 0 Å². The van der Waals surface area contributed by atoms with Gasteiger partial charge in [-0.1, -0.05) is 32.4 Å². The van der Waals surface area contributed by atoms with Crippen LogP contribution in [0, 0.1) is 11.3 Å². The van der Waals surface area contributed by atoms with Crippen molar-refractivity contribution in [3.05, 3.63) is 29.3 Å². The van der Waals surface area contributed by atoms with E-state index in [1.807, 2.05) is 6.07 Å². The zero-order valence-corrected chi connectivity index (χ0v) is 12.4. The Kier molecular flexibility index (Phi) is 3.33. The molecule has 3 nitrogen and oxygen atoms in total. The molecule has 1 aromatic rings. The van der Waals surface area contributed by atoms with Crippen LogP contribution in [0.15, 0.2) is 18.2 Å². The van der Waals surface area contributed by atoms with Crippen LogP contribution in [0.4, 0.5) is 5.69 Å². The van der Waals surface area contributed by atoms with Crippen LogP contribution in [-0.2, 0) is 11.2 Å². The molecule has 1 heterocycles. The van der Waals surface area contributed by atoms with Crippen molar-refractivity contribution in [2.75, 3.05) is 5.32 Å². The van der Waals surface area contributed by atoms with Crippen molar-refractivity contribution >= 4 is 11.6 Å². The van der Waals surface area contributed by atoms with E-state index in [1.165, 1.54) is 30.4 Å².